The Bertz CT molecular complexity index is 500. The van der Waals surface area contributed by atoms with Gasteiger partial charge in [-0.1, -0.05) is 11.3 Å². The standard InChI is InChI=1S/C6H6N6O2S/c13-5(4-9-11-12-10-4)7-1-3-2-15-6(14)8-3/h2H,1H2,(H,7,13)(H,8,14)(H,9,10,11,12). The van der Waals surface area contributed by atoms with Crippen LogP contribution in [0.15, 0.2) is 10.2 Å². The number of aromatic amines is 2. The lowest BCUT2D eigenvalue weighted by Gasteiger charge is -1.98. The van der Waals surface area contributed by atoms with E-state index in [0.29, 0.717) is 5.69 Å². The highest BCUT2D eigenvalue weighted by atomic mass is 32.1. The monoisotopic (exact) mass is 226 g/mol. The first-order valence-electron chi connectivity index (χ1n) is 3.94. The Kier molecular flexibility index (Phi) is 2.54. The second-order valence-corrected chi connectivity index (χ2v) is 3.43. The molecule has 2 aromatic rings. The van der Waals surface area contributed by atoms with Crippen molar-refractivity contribution in [1.29, 1.82) is 0 Å². The molecule has 2 heterocycles. The minimum absolute atomic E-state index is 0.0347. The maximum absolute atomic E-state index is 11.3. The molecule has 2 rings (SSSR count). The van der Waals surface area contributed by atoms with Crippen LogP contribution in [-0.4, -0.2) is 31.5 Å². The number of carbonyl (C=O) groups excluding carboxylic acids is 1. The molecule has 2 aromatic heterocycles. The fraction of sp³-hybridized carbons (Fsp3) is 0.167. The summed E-state index contributed by atoms with van der Waals surface area (Å²) in [5.74, 6) is -0.483. The summed E-state index contributed by atoms with van der Waals surface area (Å²) in [6.07, 6.45) is 0. The summed E-state index contributed by atoms with van der Waals surface area (Å²) in [6.45, 7) is 0.228. The van der Waals surface area contributed by atoms with Crippen LogP contribution in [-0.2, 0) is 6.54 Å². The second-order valence-electron chi connectivity index (χ2n) is 2.59. The van der Waals surface area contributed by atoms with Crippen LogP contribution in [0.25, 0.3) is 0 Å². The number of tetrazole rings is 1. The number of aromatic nitrogens is 5. The quantitative estimate of drug-likeness (QED) is 0.613. The maximum Gasteiger partial charge on any atom is 0.304 e. The molecule has 0 atom stereocenters. The molecule has 1 amide bonds. The first-order chi connectivity index (χ1) is 7.25. The summed E-state index contributed by atoms with van der Waals surface area (Å²) >= 11 is 1.04. The second kappa shape index (κ2) is 4.00. The number of nitrogens with one attached hydrogen (secondary N) is 3. The van der Waals surface area contributed by atoms with Crippen LogP contribution in [0, 0.1) is 0 Å². The molecule has 0 aliphatic carbocycles. The molecule has 0 saturated heterocycles. The van der Waals surface area contributed by atoms with Crippen LogP contribution in [0.3, 0.4) is 0 Å². The van der Waals surface area contributed by atoms with Crippen LogP contribution < -0.4 is 10.2 Å². The summed E-state index contributed by atoms with van der Waals surface area (Å²) in [4.78, 5) is 24.5. The third-order valence-corrected chi connectivity index (χ3v) is 2.28. The lowest BCUT2D eigenvalue weighted by molar-refractivity contribution is 0.0940. The average Bonchev–Trinajstić information content (AvgIpc) is 2.84. The smallest absolute Gasteiger partial charge is 0.304 e. The number of thiazole rings is 1. The largest absolute Gasteiger partial charge is 0.344 e. The highest BCUT2D eigenvalue weighted by Gasteiger charge is 2.09. The van der Waals surface area contributed by atoms with E-state index in [9.17, 15) is 9.59 Å². The predicted octanol–water partition coefficient (Wildman–Crippen LogP) is -1.12. The molecule has 0 saturated carbocycles. The fourth-order valence-corrected chi connectivity index (χ4v) is 1.49. The zero-order valence-electron chi connectivity index (χ0n) is 7.35. The van der Waals surface area contributed by atoms with E-state index in [1.54, 1.807) is 5.38 Å². The van der Waals surface area contributed by atoms with E-state index in [2.05, 4.69) is 30.9 Å². The van der Waals surface area contributed by atoms with Crippen molar-refractivity contribution in [2.75, 3.05) is 0 Å². The summed E-state index contributed by atoms with van der Waals surface area (Å²) in [7, 11) is 0. The number of hydrogen-bond donors (Lipinski definition) is 3. The van der Waals surface area contributed by atoms with E-state index in [-0.39, 0.29) is 17.2 Å². The molecular formula is C6H6N6O2S. The molecule has 0 unspecified atom stereocenters. The molecule has 15 heavy (non-hydrogen) atoms. The average molecular weight is 226 g/mol. The zero-order chi connectivity index (χ0) is 10.7. The van der Waals surface area contributed by atoms with Gasteiger partial charge in [-0.3, -0.25) is 9.59 Å². The van der Waals surface area contributed by atoms with Crippen LogP contribution in [0.4, 0.5) is 0 Å². The van der Waals surface area contributed by atoms with Crippen molar-refractivity contribution in [3.8, 4) is 0 Å². The predicted molar refractivity (Wildman–Crippen MR) is 50.3 cm³/mol. The molecule has 0 aliphatic rings. The Labute approximate surface area is 86.7 Å². The molecule has 0 aromatic carbocycles. The highest BCUT2D eigenvalue weighted by Crippen LogP contribution is 1.95. The molecule has 3 N–H and O–H groups in total. The van der Waals surface area contributed by atoms with Gasteiger partial charge in [0, 0.05) is 11.1 Å². The third kappa shape index (κ3) is 2.26. The number of H-pyrrole nitrogens is 2. The first-order valence-corrected chi connectivity index (χ1v) is 4.82. The lowest BCUT2D eigenvalue weighted by Crippen LogP contribution is -2.24. The summed E-state index contributed by atoms with van der Waals surface area (Å²) < 4.78 is 0. The minimum Gasteiger partial charge on any atom is -0.344 e. The Morgan fingerprint density at radius 3 is 3.07 bits per heavy atom. The van der Waals surface area contributed by atoms with Gasteiger partial charge in [-0.2, -0.15) is 5.21 Å². The highest BCUT2D eigenvalue weighted by molar-refractivity contribution is 7.07. The van der Waals surface area contributed by atoms with Gasteiger partial charge in [0.05, 0.1) is 6.54 Å². The van der Waals surface area contributed by atoms with Gasteiger partial charge in [-0.05, 0) is 5.21 Å². The van der Waals surface area contributed by atoms with Crippen molar-refractivity contribution in [3.05, 3.63) is 26.6 Å². The molecule has 8 nitrogen and oxygen atoms in total. The van der Waals surface area contributed by atoms with Crippen LogP contribution >= 0.6 is 11.3 Å². The molecule has 78 valence electrons. The number of amides is 1. The van der Waals surface area contributed by atoms with E-state index >= 15 is 0 Å². The lowest BCUT2D eigenvalue weighted by atomic mass is 10.4. The summed E-state index contributed by atoms with van der Waals surface area (Å²) in [6, 6.07) is 0. The van der Waals surface area contributed by atoms with E-state index in [4.69, 9.17) is 0 Å². The van der Waals surface area contributed by atoms with Crippen molar-refractivity contribution in [3.63, 3.8) is 0 Å². The Morgan fingerprint density at radius 2 is 2.47 bits per heavy atom. The van der Waals surface area contributed by atoms with Gasteiger partial charge in [0.25, 0.3) is 11.7 Å². The summed E-state index contributed by atoms with van der Waals surface area (Å²) in [5, 5.41) is 16.6. The number of hydrogen-bond acceptors (Lipinski definition) is 6. The molecule has 0 aliphatic heterocycles. The topological polar surface area (TPSA) is 116 Å². The van der Waals surface area contributed by atoms with E-state index in [0.717, 1.165) is 11.3 Å². The number of nitrogens with zero attached hydrogens (tertiary/aromatic N) is 3. The third-order valence-electron chi connectivity index (χ3n) is 1.56. The molecule has 0 radical (unpaired) electrons. The van der Waals surface area contributed by atoms with Crippen molar-refractivity contribution in [2.24, 2.45) is 0 Å². The van der Waals surface area contributed by atoms with Gasteiger partial charge in [-0.25, -0.2) is 0 Å². The van der Waals surface area contributed by atoms with E-state index in [1.807, 2.05) is 0 Å². The van der Waals surface area contributed by atoms with Gasteiger partial charge < -0.3 is 10.3 Å². The number of carbonyl (C=O) groups is 1. The fourth-order valence-electron chi connectivity index (χ4n) is 0.913. The molecule has 0 spiro atoms. The zero-order valence-corrected chi connectivity index (χ0v) is 8.17. The number of rotatable bonds is 3. The van der Waals surface area contributed by atoms with Crippen LogP contribution in [0.2, 0.25) is 0 Å². The van der Waals surface area contributed by atoms with Crippen molar-refractivity contribution in [2.45, 2.75) is 6.54 Å². The van der Waals surface area contributed by atoms with Crippen molar-refractivity contribution >= 4 is 17.2 Å². The van der Waals surface area contributed by atoms with Crippen molar-refractivity contribution in [1.82, 2.24) is 30.9 Å². The van der Waals surface area contributed by atoms with E-state index in [1.165, 1.54) is 0 Å². The first kappa shape index (κ1) is 9.52. The Balaban J connectivity index is 1.94. The Morgan fingerprint density at radius 1 is 1.60 bits per heavy atom. The normalized spacial score (nSPS) is 10.1. The van der Waals surface area contributed by atoms with Gasteiger partial charge in [0.2, 0.25) is 0 Å². The van der Waals surface area contributed by atoms with Gasteiger partial charge in [0.15, 0.2) is 0 Å². The summed E-state index contributed by atoms with van der Waals surface area (Å²) in [5.41, 5.74) is 0.641. The maximum atomic E-state index is 11.3. The molecular weight excluding hydrogens is 220 g/mol. The van der Waals surface area contributed by atoms with E-state index < -0.39 is 5.91 Å². The van der Waals surface area contributed by atoms with Crippen LogP contribution in [0.5, 0.6) is 0 Å². The van der Waals surface area contributed by atoms with Crippen molar-refractivity contribution < 1.29 is 4.79 Å². The molecule has 0 bridgehead atoms. The van der Waals surface area contributed by atoms with Gasteiger partial charge in [-0.15, -0.1) is 10.2 Å². The molecule has 0 fully saturated rings. The van der Waals surface area contributed by atoms with Gasteiger partial charge in [0.1, 0.15) is 0 Å². The molecule has 9 heteroatoms. The van der Waals surface area contributed by atoms with Gasteiger partial charge >= 0.3 is 4.87 Å². The minimum atomic E-state index is -0.448. The van der Waals surface area contributed by atoms with Crippen LogP contribution in [0.1, 0.15) is 16.3 Å². The Hall–Kier alpha value is -2.03. The SMILES string of the molecule is O=C(NCc1csc(=O)[nH]1)c1nn[nH]n1.